The molecule has 0 aromatic rings. The smallest absolute Gasteiger partial charge is 0.303 e. The van der Waals surface area contributed by atoms with Crippen molar-refractivity contribution in [2.75, 3.05) is 0 Å². The molecule has 5 nitrogen and oxygen atoms in total. The van der Waals surface area contributed by atoms with Crippen molar-refractivity contribution in [3.8, 4) is 11.8 Å². The first-order valence-electron chi connectivity index (χ1n) is 8.74. The maximum Gasteiger partial charge on any atom is 0.303 e. The average Bonchev–Trinajstić information content (AvgIpc) is 2.56. The molecule has 0 aromatic heterocycles. The number of aliphatic hydroxyl groups is 3. The van der Waals surface area contributed by atoms with Crippen LogP contribution < -0.4 is 0 Å². The van der Waals surface area contributed by atoms with Gasteiger partial charge in [-0.15, -0.1) is 0 Å². The number of allylic oxidation sites excluding steroid dienone is 4. The Labute approximate surface area is 150 Å². The van der Waals surface area contributed by atoms with Gasteiger partial charge in [0, 0.05) is 6.42 Å². The van der Waals surface area contributed by atoms with Crippen LogP contribution >= 0.6 is 0 Å². The predicted molar refractivity (Wildman–Crippen MR) is 98.8 cm³/mol. The van der Waals surface area contributed by atoms with Crippen molar-refractivity contribution < 1.29 is 25.2 Å². The highest BCUT2D eigenvalue weighted by molar-refractivity contribution is 5.66. The fraction of sp³-hybridized carbons (Fsp3) is 0.550. The number of aliphatic hydroxyl groups excluding tert-OH is 3. The number of rotatable bonds is 12. The Kier molecular flexibility index (Phi) is 14.5. The summed E-state index contributed by atoms with van der Waals surface area (Å²) in [5.41, 5.74) is 0. The molecule has 0 saturated heterocycles. The summed E-state index contributed by atoms with van der Waals surface area (Å²) in [6, 6.07) is 0. The normalized spacial score (nSPS) is 15.4. The standard InChI is InChI=1S/C20H30O5/c1-2-3-8-14-18(22)19(23)15-10-7-5-4-6-9-12-17(21)13-11-16-20(24)25/h5,7,9-10,12,15,17-19,21-23H,2-3,8,11,13-14,16H2,1H3,(H,24,25)/t17?,18-,19?/m0/s1. The van der Waals surface area contributed by atoms with E-state index in [0.29, 0.717) is 19.3 Å². The summed E-state index contributed by atoms with van der Waals surface area (Å²) in [5, 5.41) is 37.5. The molecule has 0 fully saturated rings. The Morgan fingerprint density at radius 1 is 0.960 bits per heavy atom. The lowest BCUT2D eigenvalue weighted by Crippen LogP contribution is -2.23. The second-order valence-corrected chi connectivity index (χ2v) is 5.80. The first-order chi connectivity index (χ1) is 12.0. The van der Waals surface area contributed by atoms with Crippen LogP contribution in [0.15, 0.2) is 36.5 Å². The lowest BCUT2D eigenvalue weighted by atomic mass is 10.1. The largest absolute Gasteiger partial charge is 0.481 e. The Balaban J connectivity index is 4.01. The third-order valence-electron chi connectivity index (χ3n) is 3.47. The lowest BCUT2D eigenvalue weighted by Gasteiger charge is -2.13. The van der Waals surface area contributed by atoms with Gasteiger partial charge in [-0.25, -0.2) is 0 Å². The van der Waals surface area contributed by atoms with E-state index in [1.807, 2.05) is 0 Å². The second-order valence-electron chi connectivity index (χ2n) is 5.80. The third kappa shape index (κ3) is 15.4. The van der Waals surface area contributed by atoms with Gasteiger partial charge in [-0.05, 0) is 37.5 Å². The molecule has 0 aliphatic heterocycles. The zero-order valence-electron chi connectivity index (χ0n) is 14.8. The molecule has 0 spiro atoms. The summed E-state index contributed by atoms with van der Waals surface area (Å²) in [6.45, 7) is 2.09. The fourth-order valence-electron chi connectivity index (χ4n) is 2.00. The van der Waals surface area contributed by atoms with Crippen LogP contribution in [0.1, 0.15) is 51.9 Å². The van der Waals surface area contributed by atoms with E-state index in [-0.39, 0.29) is 6.42 Å². The highest BCUT2D eigenvalue weighted by atomic mass is 16.4. The molecule has 0 aliphatic carbocycles. The fourth-order valence-corrected chi connectivity index (χ4v) is 2.00. The predicted octanol–water partition coefficient (Wildman–Crippen LogP) is 2.58. The van der Waals surface area contributed by atoms with E-state index in [1.54, 1.807) is 18.2 Å². The summed E-state index contributed by atoms with van der Waals surface area (Å²) < 4.78 is 0. The summed E-state index contributed by atoms with van der Waals surface area (Å²) in [7, 11) is 0. The van der Waals surface area contributed by atoms with Gasteiger partial charge in [0.05, 0.1) is 18.3 Å². The van der Waals surface area contributed by atoms with Crippen LogP contribution in [0.4, 0.5) is 0 Å². The molecule has 0 amide bonds. The molecular weight excluding hydrogens is 320 g/mol. The van der Waals surface area contributed by atoms with Gasteiger partial charge in [-0.1, -0.05) is 56.3 Å². The molecule has 0 heterocycles. The number of carboxylic acids is 1. The highest BCUT2D eigenvalue weighted by Crippen LogP contribution is 2.07. The Morgan fingerprint density at radius 3 is 2.36 bits per heavy atom. The number of carbonyl (C=O) groups is 1. The number of aliphatic carboxylic acids is 1. The molecule has 25 heavy (non-hydrogen) atoms. The van der Waals surface area contributed by atoms with Crippen molar-refractivity contribution in [3.63, 3.8) is 0 Å². The van der Waals surface area contributed by atoms with Gasteiger partial charge in [0.15, 0.2) is 0 Å². The van der Waals surface area contributed by atoms with Crippen LogP contribution in [0, 0.1) is 11.8 Å². The molecule has 5 heteroatoms. The molecule has 0 aromatic carbocycles. The van der Waals surface area contributed by atoms with Gasteiger partial charge >= 0.3 is 5.97 Å². The zero-order valence-corrected chi connectivity index (χ0v) is 14.8. The monoisotopic (exact) mass is 350 g/mol. The van der Waals surface area contributed by atoms with Crippen LogP contribution in [0.5, 0.6) is 0 Å². The molecule has 3 atom stereocenters. The summed E-state index contributed by atoms with van der Waals surface area (Å²) in [6.07, 6.45) is 11.6. The first-order valence-corrected chi connectivity index (χ1v) is 8.74. The second kappa shape index (κ2) is 15.6. The van der Waals surface area contributed by atoms with E-state index in [4.69, 9.17) is 5.11 Å². The van der Waals surface area contributed by atoms with Crippen molar-refractivity contribution >= 4 is 5.97 Å². The van der Waals surface area contributed by atoms with E-state index >= 15 is 0 Å². The van der Waals surface area contributed by atoms with Gasteiger partial charge < -0.3 is 20.4 Å². The van der Waals surface area contributed by atoms with E-state index in [2.05, 4.69) is 18.8 Å². The molecule has 0 aliphatic rings. The van der Waals surface area contributed by atoms with Gasteiger partial charge in [0.25, 0.3) is 0 Å². The van der Waals surface area contributed by atoms with E-state index < -0.39 is 24.3 Å². The lowest BCUT2D eigenvalue weighted by molar-refractivity contribution is -0.137. The molecule has 2 unspecified atom stereocenters. The van der Waals surface area contributed by atoms with Crippen LogP contribution in [-0.4, -0.2) is 44.7 Å². The highest BCUT2D eigenvalue weighted by Gasteiger charge is 2.11. The summed E-state index contributed by atoms with van der Waals surface area (Å²) in [5.74, 6) is 4.60. The van der Waals surface area contributed by atoms with Crippen LogP contribution in [0.3, 0.4) is 0 Å². The quantitative estimate of drug-likeness (QED) is 0.246. The molecule has 140 valence electrons. The van der Waals surface area contributed by atoms with Crippen molar-refractivity contribution in [2.24, 2.45) is 0 Å². The van der Waals surface area contributed by atoms with Gasteiger partial charge in [-0.3, -0.25) is 4.79 Å². The SMILES string of the molecule is CCCCC[C@H](O)C(O)C=CC=CC#CC=CC(O)CCCC(=O)O. The van der Waals surface area contributed by atoms with Crippen molar-refractivity contribution in [2.45, 2.75) is 70.2 Å². The van der Waals surface area contributed by atoms with Gasteiger partial charge in [0.2, 0.25) is 0 Å². The minimum Gasteiger partial charge on any atom is -0.481 e. The van der Waals surface area contributed by atoms with E-state index in [0.717, 1.165) is 19.3 Å². The first kappa shape index (κ1) is 23.1. The summed E-state index contributed by atoms with van der Waals surface area (Å²) >= 11 is 0. The topological polar surface area (TPSA) is 98.0 Å². The number of hydrogen-bond acceptors (Lipinski definition) is 4. The van der Waals surface area contributed by atoms with Crippen LogP contribution in [-0.2, 0) is 4.79 Å². The number of hydrogen-bond donors (Lipinski definition) is 4. The van der Waals surface area contributed by atoms with Crippen LogP contribution in [0.2, 0.25) is 0 Å². The average molecular weight is 350 g/mol. The number of carboxylic acid groups (broad SMARTS) is 1. The third-order valence-corrected chi connectivity index (χ3v) is 3.47. The molecule has 0 rings (SSSR count). The number of unbranched alkanes of at least 4 members (excludes halogenated alkanes) is 2. The minimum absolute atomic E-state index is 0.0464. The molecule has 0 radical (unpaired) electrons. The van der Waals surface area contributed by atoms with Crippen molar-refractivity contribution in [1.82, 2.24) is 0 Å². The van der Waals surface area contributed by atoms with Crippen molar-refractivity contribution in [3.05, 3.63) is 36.5 Å². The minimum atomic E-state index is -0.879. The molecule has 4 N–H and O–H groups in total. The van der Waals surface area contributed by atoms with E-state index in [1.165, 1.54) is 18.2 Å². The van der Waals surface area contributed by atoms with Crippen molar-refractivity contribution in [1.29, 1.82) is 0 Å². The van der Waals surface area contributed by atoms with E-state index in [9.17, 15) is 20.1 Å². The molecule has 0 bridgehead atoms. The molecule has 0 saturated carbocycles. The maximum atomic E-state index is 10.3. The zero-order chi connectivity index (χ0) is 18.9. The van der Waals surface area contributed by atoms with Gasteiger partial charge in [0.1, 0.15) is 0 Å². The Bertz CT molecular complexity index is 496. The maximum absolute atomic E-state index is 10.3. The Morgan fingerprint density at radius 2 is 1.68 bits per heavy atom. The van der Waals surface area contributed by atoms with Crippen LogP contribution in [0.25, 0.3) is 0 Å². The molecular formula is C20H30O5. The Hall–Kier alpha value is -1.87. The summed E-state index contributed by atoms with van der Waals surface area (Å²) in [4.78, 5) is 10.3. The van der Waals surface area contributed by atoms with Gasteiger partial charge in [-0.2, -0.15) is 0 Å².